The highest BCUT2D eigenvalue weighted by Crippen LogP contribution is 2.38. The first-order valence-corrected chi connectivity index (χ1v) is 25.1. The summed E-state index contributed by atoms with van der Waals surface area (Å²) in [4.78, 5) is 90.4. The molecule has 5 atom stereocenters. The molecule has 2 aromatic carbocycles. The van der Waals surface area contributed by atoms with Gasteiger partial charge in [0.05, 0.1) is 19.1 Å². The smallest absolute Gasteiger partial charge is 0.408 e. The van der Waals surface area contributed by atoms with Gasteiger partial charge >= 0.3 is 12.2 Å². The fourth-order valence-corrected chi connectivity index (χ4v) is 9.79. The summed E-state index contributed by atoms with van der Waals surface area (Å²) in [6, 6.07) is 15.5. The van der Waals surface area contributed by atoms with E-state index in [-0.39, 0.29) is 49.3 Å². The summed E-state index contributed by atoms with van der Waals surface area (Å²) in [5, 5.41) is 16.8. The van der Waals surface area contributed by atoms with E-state index >= 15 is 0 Å². The van der Waals surface area contributed by atoms with E-state index in [1.807, 2.05) is 91.7 Å². The summed E-state index contributed by atoms with van der Waals surface area (Å²) in [7, 11) is 1.64. The van der Waals surface area contributed by atoms with Crippen molar-refractivity contribution in [2.75, 3.05) is 20.2 Å². The van der Waals surface area contributed by atoms with Crippen LogP contribution in [0.3, 0.4) is 0 Å². The van der Waals surface area contributed by atoms with Gasteiger partial charge in [-0.3, -0.25) is 19.2 Å². The monoisotopic (exact) mass is 974 g/mol. The summed E-state index contributed by atoms with van der Waals surface area (Å²) in [6.45, 7) is 22.0. The second kappa shape index (κ2) is 26.1. The number of rotatable bonds is 22. The third kappa shape index (κ3) is 18.0. The molecule has 16 nitrogen and oxygen atoms in total. The molecule has 4 rings (SSSR count). The summed E-state index contributed by atoms with van der Waals surface area (Å²) < 4.78 is 10.9. The minimum atomic E-state index is -1.04. The molecule has 0 spiro atoms. The first kappa shape index (κ1) is 57.1. The average molecular weight is 974 g/mol. The zero-order valence-electron chi connectivity index (χ0n) is 43.9. The van der Waals surface area contributed by atoms with Crippen molar-refractivity contribution in [2.24, 2.45) is 17.8 Å². The SMILES string of the molecule is CON1C(C)(C)CC(NC(=O)[C@H](CCCNC(=O)OCc2ccccc2)NC(=O)[C@@H](NC(=O)[C@@H]2CCCN2C(=O)[C@H](/C=C/[C@H](CC(C)C)NC(=O)OC(C)(C)C)Cc2ccccc2)C(C)C)CC1(C)C. The molecule has 0 unspecified atom stereocenters. The Morgan fingerprint density at radius 1 is 0.800 bits per heavy atom. The van der Waals surface area contributed by atoms with Crippen molar-refractivity contribution in [3.63, 3.8) is 0 Å². The molecule has 0 aromatic heterocycles. The normalized spacial score (nSPS) is 18.9. The number of hydrogen-bond donors (Lipinski definition) is 5. The standard InChI is InChI=1S/C54H83N7O9/c1-36(2)31-41(57-51(67)70-52(5,6)7)28-27-40(32-38-21-15-13-16-22-38)49(65)60-30-20-26-44(60)47(63)59-45(37(3)4)48(64)58-43(25-19-29-55-50(66)69-35-39-23-17-14-18-24-39)46(62)56-42-33-53(8,9)61(68-12)54(10,11)34-42/h13-18,21-24,27-28,36-37,40-45H,19-20,25-26,29-35H2,1-12H3,(H,55,66)(H,56,62)(H,57,67)(H,58,64)(H,59,63)/b28-27+/t40-,41-,43+,44+,45+/m1/s1. The van der Waals surface area contributed by atoms with Gasteiger partial charge in [0.2, 0.25) is 23.6 Å². The molecule has 2 fully saturated rings. The topological polar surface area (TPSA) is 197 Å². The van der Waals surface area contributed by atoms with Crippen LogP contribution in [-0.4, -0.2) is 113 Å². The van der Waals surface area contributed by atoms with Gasteiger partial charge < -0.3 is 45.8 Å². The lowest BCUT2D eigenvalue weighted by Crippen LogP contribution is -2.65. The van der Waals surface area contributed by atoms with Crippen molar-refractivity contribution in [1.82, 2.24) is 36.5 Å². The highest BCUT2D eigenvalue weighted by atomic mass is 16.7. The van der Waals surface area contributed by atoms with Crippen LogP contribution in [0.4, 0.5) is 9.59 Å². The number of hydrogen-bond acceptors (Lipinski definition) is 10. The van der Waals surface area contributed by atoms with E-state index in [9.17, 15) is 28.8 Å². The van der Waals surface area contributed by atoms with Crippen LogP contribution in [0.15, 0.2) is 72.8 Å². The number of alkyl carbamates (subject to hydrolysis) is 2. The Labute approximate surface area is 417 Å². The summed E-state index contributed by atoms with van der Waals surface area (Å²) in [5.41, 5.74) is 0.281. The summed E-state index contributed by atoms with van der Waals surface area (Å²) in [5.74, 6) is -2.43. The maximum Gasteiger partial charge on any atom is 0.408 e. The van der Waals surface area contributed by atoms with Crippen LogP contribution in [0.2, 0.25) is 0 Å². The van der Waals surface area contributed by atoms with Crippen molar-refractivity contribution < 1.29 is 43.1 Å². The molecule has 0 bridgehead atoms. The molecule has 70 heavy (non-hydrogen) atoms. The van der Waals surface area contributed by atoms with Crippen LogP contribution in [0.5, 0.6) is 0 Å². The summed E-state index contributed by atoms with van der Waals surface area (Å²) in [6.07, 6.45) is 6.22. The van der Waals surface area contributed by atoms with Gasteiger partial charge in [-0.25, -0.2) is 9.59 Å². The van der Waals surface area contributed by atoms with Gasteiger partial charge in [-0.2, -0.15) is 5.06 Å². The quantitative estimate of drug-likeness (QED) is 0.0588. The number of ether oxygens (including phenoxy) is 2. The van der Waals surface area contributed by atoms with E-state index in [2.05, 4.69) is 68.1 Å². The number of benzene rings is 2. The van der Waals surface area contributed by atoms with Gasteiger partial charge in [-0.15, -0.1) is 0 Å². The van der Waals surface area contributed by atoms with Gasteiger partial charge in [-0.1, -0.05) is 101 Å². The number of hydroxylamine groups is 2. The molecular weight excluding hydrogens is 891 g/mol. The Kier molecular flexibility index (Phi) is 21.3. The van der Waals surface area contributed by atoms with E-state index in [0.29, 0.717) is 51.5 Å². The average Bonchev–Trinajstić information content (AvgIpc) is 3.76. The highest BCUT2D eigenvalue weighted by Gasteiger charge is 2.47. The van der Waals surface area contributed by atoms with Gasteiger partial charge in [0.1, 0.15) is 30.3 Å². The Hall–Kier alpha value is -5.48. The molecule has 2 saturated heterocycles. The predicted octanol–water partition coefficient (Wildman–Crippen LogP) is 7.36. The second-order valence-electron chi connectivity index (χ2n) is 21.9. The van der Waals surface area contributed by atoms with Crippen molar-refractivity contribution >= 4 is 35.8 Å². The van der Waals surface area contributed by atoms with Crippen LogP contribution >= 0.6 is 0 Å². The molecule has 16 heteroatoms. The third-order valence-corrected chi connectivity index (χ3v) is 12.6. The third-order valence-electron chi connectivity index (χ3n) is 12.6. The fraction of sp³-hybridized carbons (Fsp3) is 0.630. The van der Waals surface area contributed by atoms with Gasteiger partial charge in [0.25, 0.3) is 0 Å². The molecule has 2 heterocycles. The number of piperidine rings is 1. The van der Waals surface area contributed by atoms with E-state index in [1.165, 1.54) is 0 Å². The van der Waals surface area contributed by atoms with Crippen LogP contribution in [0.25, 0.3) is 0 Å². The van der Waals surface area contributed by atoms with Crippen molar-refractivity contribution in [1.29, 1.82) is 0 Å². The maximum absolute atomic E-state index is 14.6. The van der Waals surface area contributed by atoms with Crippen molar-refractivity contribution in [2.45, 2.75) is 181 Å². The highest BCUT2D eigenvalue weighted by molar-refractivity contribution is 5.95. The number of carbonyl (C=O) groups excluding carboxylic acids is 6. The minimum absolute atomic E-state index is 0.108. The Morgan fingerprint density at radius 3 is 1.99 bits per heavy atom. The van der Waals surface area contributed by atoms with Crippen molar-refractivity contribution in [3.8, 4) is 0 Å². The molecular formula is C54H83N7O9. The Bertz CT molecular complexity index is 2040. The fourth-order valence-electron chi connectivity index (χ4n) is 9.79. The van der Waals surface area contributed by atoms with Crippen molar-refractivity contribution in [3.05, 3.63) is 83.9 Å². The largest absolute Gasteiger partial charge is 0.445 e. The summed E-state index contributed by atoms with van der Waals surface area (Å²) >= 11 is 0. The molecule has 6 amide bonds. The lowest BCUT2D eigenvalue weighted by Gasteiger charge is -2.53. The van der Waals surface area contributed by atoms with Gasteiger partial charge in [0, 0.05) is 30.2 Å². The molecule has 5 N–H and O–H groups in total. The first-order chi connectivity index (χ1) is 32.9. The molecule has 2 aliphatic heterocycles. The number of carbonyl (C=O) groups is 6. The van der Waals surface area contributed by atoms with E-state index in [0.717, 1.165) is 11.1 Å². The lowest BCUT2D eigenvalue weighted by atomic mass is 9.79. The minimum Gasteiger partial charge on any atom is -0.445 e. The van der Waals surface area contributed by atoms with Crippen LogP contribution in [0, 0.1) is 17.8 Å². The second-order valence-corrected chi connectivity index (χ2v) is 21.9. The van der Waals surface area contributed by atoms with Crippen LogP contribution in [0.1, 0.15) is 132 Å². The maximum atomic E-state index is 14.6. The zero-order valence-corrected chi connectivity index (χ0v) is 43.9. The molecule has 388 valence electrons. The van der Waals surface area contributed by atoms with Crippen LogP contribution < -0.4 is 26.6 Å². The Morgan fingerprint density at radius 2 is 1.41 bits per heavy atom. The molecule has 2 aliphatic rings. The first-order valence-electron chi connectivity index (χ1n) is 25.1. The molecule has 2 aromatic rings. The molecule has 0 radical (unpaired) electrons. The van der Waals surface area contributed by atoms with Gasteiger partial charge in [-0.05, 0) is 123 Å². The zero-order chi connectivity index (χ0) is 51.8. The van der Waals surface area contributed by atoms with E-state index < -0.39 is 70.8 Å². The predicted molar refractivity (Wildman–Crippen MR) is 271 cm³/mol. The van der Waals surface area contributed by atoms with Gasteiger partial charge in [0.15, 0.2) is 0 Å². The molecule has 0 aliphatic carbocycles. The number of likely N-dealkylation sites (tertiary alicyclic amines) is 1. The lowest BCUT2D eigenvalue weighted by molar-refractivity contribution is -0.267. The number of nitrogens with zero attached hydrogens (tertiary/aromatic N) is 2. The van der Waals surface area contributed by atoms with E-state index in [4.69, 9.17) is 14.3 Å². The Balaban J connectivity index is 1.51. The van der Waals surface area contributed by atoms with E-state index in [1.54, 1.807) is 32.8 Å². The number of amides is 6. The number of nitrogens with one attached hydrogen (secondary N) is 5. The molecule has 0 saturated carbocycles. The van der Waals surface area contributed by atoms with Crippen LogP contribution in [-0.2, 0) is 46.5 Å².